The molecule has 4 aromatic rings. The van der Waals surface area contributed by atoms with Crippen LogP contribution in [0.3, 0.4) is 0 Å². The Morgan fingerprint density at radius 3 is 2.51 bits per heavy atom. The van der Waals surface area contributed by atoms with E-state index >= 15 is 0 Å². The van der Waals surface area contributed by atoms with Gasteiger partial charge in [-0.2, -0.15) is 0 Å². The summed E-state index contributed by atoms with van der Waals surface area (Å²) in [6, 6.07) is 22.3. The molecule has 0 fully saturated rings. The van der Waals surface area contributed by atoms with Crippen molar-refractivity contribution < 1.29 is 4.79 Å². The predicted molar refractivity (Wildman–Crippen MR) is 144 cm³/mol. The maximum atomic E-state index is 12.9. The van der Waals surface area contributed by atoms with Gasteiger partial charge in [0.25, 0.3) is 0 Å². The van der Waals surface area contributed by atoms with Crippen molar-refractivity contribution in [1.82, 2.24) is 20.1 Å². The molecule has 9 heteroatoms. The van der Waals surface area contributed by atoms with Gasteiger partial charge in [-0.15, -0.1) is 21.8 Å². The van der Waals surface area contributed by atoms with Gasteiger partial charge in [-0.3, -0.25) is 9.36 Å². The van der Waals surface area contributed by atoms with Gasteiger partial charge in [0.05, 0.1) is 16.8 Å². The smallest absolute Gasteiger partial charge is 0.243 e. The minimum Gasteiger partial charge on any atom is -0.345 e. The highest BCUT2D eigenvalue weighted by Gasteiger charge is 2.25. The lowest BCUT2D eigenvalue weighted by atomic mass is 10.1. The topological polar surface area (TPSA) is 59.8 Å². The van der Waals surface area contributed by atoms with Crippen LogP contribution in [0, 0.1) is 6.92 Å². The molecule has 35 heavy (non-hydrogen) atoms. The summed E-state index contributed by atoms with van der Waals surface area (Å²) in [6.45, 7) is 3.90. The lowest BCUT2D eigenvalue weighted by molar-refractivity contribution is -0.121. The number of alkyl halides is 1. The molecule has 3 aromatic carbocycles. The van der Waals surface area contributed by atoms with Crippen LogP contribution in [0.1, 0.15) is 40.9 Å². The summed E-state index contributed by atoms with van der Waals surface area (Å²) >= 11 is 20.7. The zero-order chi connectivity index (χ0) is 24.9. The number of hydrogen-bond donors (Lipinski definition) is 1. The average Bonchev–Trinajstić information content (AvgIpc) is 3.26. The third kappa shape index (κ3) is 6.19. The van der Waals surface area contributed by atoms with E-state index in [0.717, 1.165) is 5.56 Å². The normalized spacial score (nSPS) is 12.8. The molecule has 5 nitrogen and oxygen atoms in total. The van der Waals surface area contributed by atoms with Crippen LogP contribution in [0.4, 0.5) is 0 Å². The number of benzene rings is 3. The Morgan fingerprint density at radius 1 is 1.03 bits per heavy atom. The van der Waals surface area contributed by atoms with Crippen LogP contribution in [-0.2, 0) is 10.5 Å². The fourth-order valence-electron chi connectivity index (χ4n) is 3.62. The first-order valence-electron chi connectivity index (χ1n) is 10.9. The van der Waals surface area contributed by atoms with E-state index in [-0.39, 0.29) is 5.91 Å². The molecule has 0 saturated heterocycles. The second kappa shape index (κ2) is 11.5. The molecule has 0 aliphatic rings. The highest BCUT2D eigenvalue weighted by Crippen LogP contribution is 2.32. The monoisotopic (exact) mass is 544 g/mol. The van der Waals surface area contributed by atoms with Crippen molar-refractivity contribution in [1.29, 1.82) is 0 Å². The summed E-state index contributed by atoms with van der Waals surface area (Å²) in [5.74, 6) is 0.908. The molecule has 4 rings (SSSR count). The molecule has 2 unspecified atom stereocenters. The van der Waals surface area contributed by atoms with E-state index in [9.17, 15) is 4.79 Å². The quantitative estimate of drug-likeness (QED) is 0.186. The molecular formula is C26H23Cl3N4OS. The van der Waals surface area contributed by atoms with Gasteiger partial charge in [-0.1, -0.05) is 95.1 Å². The summed E-state index contributed by atoms with van der Waals surface area (Å²) in [6.07, 6.45) is 0. The average molecular weight is 546 g/mol. The van der Waals surface area contributed by atoms with Crippen LogP contribution in [0.25, 0.3) is 5.69 Å². The minimum atomic E-state index is -0.829. The van der Waals surface area contributed by atoms with Crippen molar-refractivity contribution >= 4 is 52.5 Å². The van der Waals surface area contributed by atoms with Crippen LogP contribution in [0.2, 0.25) is 10.0 Å². The number of rotatable bonds is 8. The number of carbonyl (C=O) groups is 1. The van der Waals surface area contributed by atoms with Gasteiger partial charge >= 0.3 is 0 Å². The second-order valence-corrected chi connectivity index (χ2v) is 10.3. The van der Waals surface area contributed by atoms with Crippen molar-refractivity contribution in [3.8, 4) is 5.69 Å². The van der Waals surface area contributed by atoms with Crippen molar-refractivity contribution in [2.45, 2.75) is 36.2 Å². The Balaban J connectivity index is 1.63. The predicted octanol–water partition coefficient (Wildman–Crippen LogP) is 7.33. The fourth-order valence-corrected chi connectivity index (χ4v) is 5.21. The lowest BCUT2D eigenvalue weighted by Gasteiger charge is -2.19. The zero-order valence-corrected chi connectivity index (χ0v) is 22.2. The first-order valence-corrected chi connectivity index (χ1v) is 13.1. The number of nitrogens with zero attached hydrogens (tertiary/aromatic N) is 3. The highest BCUT2D eigenvalue weighted by molar-refractivity contribution is 7.98. The maximum Gasteiger partial charge on any atom is 0.243 e. The molecule has 1 aromatic heterocycles. The van der Waals surface area contributed by atoms with Crippen molar-refractivity contribution in [2.24, 2.45) is 0 Å². The maximum absolute atomic E-state index is 12.9. The van der Waals surface area contributed by atoms with E-state index in [1.54, 1.807) is 12.1 Å². The molecule has 1 heterocycles. The van der Waals surface area contributed by atoms with Gasteiger partial charge in [0, 0.05) is 10.8 Å². The molecule has 0 spiro atoms. The zero-order valence-electron chi connectivity index (χ0n) is 19.1. The van der Waals surface area contributed by atoms with E-state index in [0.29, 0.717) is 32.5 Å². The SMILES string of the molecule is Cc1cccc(CSc2nnc(C(C)NC(=O)C(Cl)c3ccccc3)n2-c2ccc(Cl)cc2Cl)c1. The van der Waals surface area contributed by atoms with E-state index in [4.69, 9.17) is 34.8 Å². The van der Waals surface area contributed by atoms with Gasteiger partial charge in [0.1, 0.15) is 5.38 Å². The first-order chi connectivity index (χ1) is 16.8. The molecule has 2 atom stereocenters. The third-order valence-corrected chi connectivity index (χ3v) is 7.32. The second-order valence-electron chi connectivity index (χ2n) is 8.05. The standard InChI is InChI=1S/C26H23Cl3N4OS/c1-16-7-6-8-18(13-16)15-35-26-32-31-24(33(26)22-12-11-20(27)14-21(22)28)17(2)30-25(34)23(29)19-9-4-3-5-10-19/h3-14,17,23H,15H2,1-2H3,(H,30,34). The number of thioether (sulfide) groups is 1. The molecule has 0 aliphatic heterocycles. The third-order valence-electron chi connectivity index (χ3n) is 5.33. The molecule has 0 bridgehead atoms. The van der Waals surface area contributed by atoms with Crippen molar-refractivity contribution in [2.75, 3.05) is 0 Å². The minimum absolute atomic E-state index is 0.323. The molecule has 1 N–H and O–H groups in total. The number of halogens is 3. The number of aromatic nitrogens is 3. The van der Waals surface area contributed by atoms with Crippen LogP contribution in [0.15, 0.2) is 78.0 Å². The number of amides is 1. The molecule has 0 aliphatic carbocycles. The fraction of sp³-hybridized carbons (Fsp3) is 0.192. The van der Waals surface area contributed by atoms with Crippen molar-refractivity contribution in [3.05, 3.63) is 105 Å². The summed E-state index contributed by atoms with van der Waals surface area (Å²) in [4.78, 5) is 12.9. The van der Waals surface area contributed by atoms with E-state index in [1.807, 2.05) is 54.0 Å². The van der Waals surface area contributed by atoms with Crippen LogP contribution in [-0.4, -0.2) is 20.7 Å². The van der Waals surface area contributed by atoms with Crippen molar-refractivity contribution in [3.63, 3.8) is 0 Å². The summed E-state index contributed by atoms with van der Waals surface area (Å²) in [5, 5.41) is 12.6. The van der Waals surface area contributed by atoms with Crippen LogP contribution in [0.5, 0.6) is 0 Å². The van der Waals surface area contributed by atoms with Crippen LogP contribution >= 0.6 is 46.6 Å². The van der Waals surface area contributed by atoms with Crippen LogP contribution < -0.4 is 5.32 Å². The Labute approximate surface area is 223 Å². The van der Waals surface area contributed by atoms with Gasteiger partial charge < -0.3 is 5.32 Å². The molecule has 180 valence electrons. The molecular weight excluding hydrogens is 523 g/mol. The van der Waals surface area contributed by atoms with Gasteiger partial charge in [0.15, 0.2) is 11.0 Å². The van der Waals surface area contributed by atoms with Gasteiger partial charge in [-0.05, 0) is 43.2 Å². The lowest BCUT2D eigenvalue weighted by Crippen LogP contribution is -2.31. The molecule has 0 radical (unpaired) electrons. The first kappa shape index (κ1) is 25.6. The van der Waals surface area contributed by atoms with E-state index in [2.05, 4.69) is 40.6 Å². The highest BCUT2D eigenvalue weighted by atomic mass is 35.5. The summed E-state index contributed by atoms with van der Waals surface area (Å²) in [5.41, 5.74) is 3.75. The Hall–Kier alpha value is -2.51. The van der Waals surface area contributed by atoms with E-state index in [1.165, 1.54) is 22.9 Å². The Morgan fingerprint density at radius 2 is 1.80 bits per heavy atom. The Bertz CT molecular complexity index is 1330. The van der Waals surface area contributed by atoms with E-state index < -0.39 is 11.4 Å². The molecule has 0 saturated carbocycles. The summed E-state index contributed by atoms with van der Waals surface area (Å²) in [7, 11) is 0. The Kier molecular flexibility index (Phi) is 8.39. The largest absolute Gasteiger partial charge is 0.345 e. The number of aryl methyl sites for hydroxylation is 1. The van der Waals surface area contributed by atoms with Gasteiger partial charge in [-0.25, -0.2) is 0 Å². The molecule has 1 amide bonds. The number of carbonyl (C=O) groups excluding carboxylic acids is 1. The number of hydrogen-bond acceptors (Lipinski definition) is 4. The van der Waals surface area contributed by atoms with Gasteiger partial charge in [0.2, 0.25) is 5.91 Å². The number of nitrogens with one attached hydrogen (secondary N) is 1. The summed E-state index contributed by atoms with van der Waals surface area (Å²) < 4.78 is 1.86.